The van der Waals surface area contributed by atoms with Crippen LogP contribution in [-0.2, 0) is 0 Å². The van der Waals surface area contributed by atoms with Crippen molar-refractivity contribution in [2.24, 2.45) is 5.41 Å². The van der Waals surface area contributed by atoms with Crippen LogP contribution in [0.4, 0.5) is 11.9 Å². The summed E-state index contributed by atoms with van der Waals surface area (Å²) in [4.78, 5) is 16.4. The summed E-state index contributed by atoms with van der Waals surface area (Å²) in [6.45, 7) is 7.35. The first kappa shape index (κ1) is 13.3. The van der Waals surface area contributed by atoms with Crippen molar-refractivity contribution in [3.8, 4) is 5.95 Å². The molecule has 0 aliphatic rings. The molecule has 0 spiro atoms. The van der Waals surface area contributed by atoms with Gasteiger partial charge in [0.15, 0.2) is 0 Å². The molecule has 2 aromatic heterocycles. The largest absolute Gasteiger partial charge is 0.368 e. The maximum absolute atomic E-state index is 5.69. The number of rotatable bonds is 4. The fourth-order valence-corrected chi connectivity index (χ4v) is 1.50. The standard InChI is InChI=1S/C12H19N7/c1-12(2,3)4-5-15-10-16-9(13)17-11(18-10)19-7-6-14-8-19/h6-8H,4-5H2,1-3H3,(H3,13,15,16,17,18). The monoisotopic (exact) mass is 261 g/mol. The molecule has 0 amide bonds. The molecule has 0 aliphatic carbocycles. The van der Waals surface area contributed by atoms with Gasteiger partial charge in [-0.25, -0.2) is 4.98 Å². The first-order chi connectivity index (χ1) is 8.94. The number of nitrogens with two attached hydrogens (primary N) is 1. The number of anilines is 2. The number of hydrogen-bond donors (Lipinski definition) is 2. The van der Waals surface area contributed by atoms with Gasteiger partial charge in [0.05, 0.1) is 0 Å². The first-order valence-corrected chi connectivity index (χ1v) is 6.18. The summed E-state index contributed by atoms with van der Waals surface area (Å²) in [5, 5.41) is 3.17. The number of nitrogens with one attached hydrogen (secondary N) is 1. The molecule has 0 atom stereocenters. The van der Waals surface area contributed by atoms with Crippen molar-refractivity contribution in [2.75, 3.05) is 17.6 Å². The SMILES string of the molecule is CC(C)(C)CCNc1nc(N)nc(-n2ccnc2)n1. The Morgan fingerprint density at radius 1 is 1.26 bits per heavy atom. The Hall–Kier alpha value is -2.18. The van der Waals surface area contributed by atoms with E-state index in [0.717, 1.165) is 13.0 Å². The first-order valence-electron chi connectivity index (χ1n) is 6.18. The molecule has 2 rings (SSSR count). The van der Waals surface area contributed by atoms with Crippen LogP contribution < -0.4 is 11.1 Å². The minimum atomic E-state index is 0.192. The molecular formula is C12H19N7. The van der Waals surface area contributed by atoms with E-state index < -0.39 is 0 Å². The topological polar surface area (TPSA) is 94.5 Å². The maximum Gasteiger partial charge on any atom is 0.241 e. The van der Waals surface area contributed by atoms with Crippen LogP contribution in [0.5, 0.6) is 0 Å². The average Bonchev–Trinajstić information content (AvgIpc) is 2.79. The van der Waals surface area contributed by atoms with Crippen LogP contribution in [0, 0.1) is 5.41 Å². The highest BCUT2D eigenvalue weighted by atomic mass is 15.3. The van der Waals surface area contributed by atoms with Gasteiger partial charge >= 0.3 is 0 Å². The maximum atomic E-state index is 5.69. The summed E-state index contributed by atoms with van der Waals surface area (Å²) in [6.07, 6.45) is 6.05. The molecule has 19 heavy (non-hydrogen) atoms. The van der Waals surface area contributed by atoms with Gasteiger partial charge < -0.3 is 11.1 Å². The van der Waals surface area contributed by atoms with E-state index in [1.54, 1.807) is 23.3 Å². The van der Waals surface area contributed by atoms with Gasteiger partial charge in [-0.2, -0.15) is 15.0 Å². The zero-order valence-corrected chi connectivity index (χ0v) is 11.5. The quantitative estimate of drug-likeness (QED) is 0.865. The fraction of sp³-hybridized carbons (Fsp3) is 0.500. The molecule has 0 aromatic carbocycles. The minimum absolute atomic E-state index is 0.192. The third-order valence-electron chi connectivity index (χ3n) is 2.53. The molecule has 2 aromatic rings. The van der Waals surface area contributed by atoms with Crippen molar-refractivity contribution in [2.45, 2.75) is 27.2 Å². The molecule has 0 bridgehead atoms. The zero-order valence-electron chi connectivity index (χ0n) is 11.5. The van der Waals surface area contributed by atoms with E-state index in [4.69, 9.17) is 5.73 Å². The van der Waals surface area contributed by atoms with E-state index in [9.17, 15) is 0 Å². The Morgan fingerprint density at radius 3 is 2.68 bits per heavy atom. The molecule has 0 radical (unpaired) electrons. The molecule has 0 saturated carbocycles. The number of hydrogen-bond acceptors (Lipinski definition) is 6. The average molecular weight is 261 g/mol. The summed E-state index contributed by atoms with van der Waals surface area (Å²) in [6, 6.07) is 0. The second-order valence-electron chi connectivity index (χ2n) is 5.52. The highest BCUT2D eigenvalue weighted by molar-refractivity contribution is 5.34. The lowest BCUT2D eigenvalue weighted by atomic mass is 9.92. The van der Waals surface area contributed by atoms with E-state index in [0.29, 0.717) is 11.9 Å². The van der Waals surface area contributed by atoms with Crippen molar-refractivity contribution in [3.05, 3.63) is 18.7 Å². The van der Waals surface area contributed by atoms with Gasteiger partial charge in [-0.15, -0.1) is 0 Å². The van der Waals surface area contributed by atoms with Crippen LogP contribution in [0.3, 0.4) is 0 Å². The van der Waals surface area contributed by atoms with E-state index in [1.807, 2.05) is 0 Å². The van der Waals surface area contributed by atoms with Crippen molar-refractivity contribution >= 4 is 11.9 Å². The van der Waals surface area contributed by atoms with E-state index in [-0.39, 0.29) is 11.4 Å². The van der Waals surface area contributed by atoms with Gasteiger partial charge in [0.25, 0.3) is 0 Å². The molecule has 7 nitrogen and oxygen atoms in total. The molecular weight excluding hydrogens is 242 g/mol. The van der Waals surface area contributed by atoms with Gasteiger partial charge in [-0.05, 0) is 11.8 Å². The lowest BCUT2D eigenvalue weighted by Crippen LogP contribution is -2.16. The predicted molar refractivity (Wildman–Crippen MR) is 73.9 cm³/mol. The van der Waals surface area contributed by atoms with Gasteiger partial charge in [0, 0.05) is 18.9 Å². The van der Waals surface area contributed by atoms with Crippen molar-refractivity contribution in [1.82, 2.24) is 24.5 Å². The normalized spacial score (nSPS) is 11.5. The third-order valence-corrected chi connectivity index (χ3v) is 2.53. The van der Waals surface area contributed by atoms with Crippen LogP contribution >= 0.6 is 0 Å². The Balaban J connectivity index is 2.09. The van der Waals surface area contributed by atoms with Crippen molar-refractivity contribution in [3.63, 3.8) is 0 Å². The van der Waals surface area contributed by atoms with Crippen LogP contribution in [-0.4, -0.2) is 31.0 Å². The van der Waals surface area contributed by atoms with Crippen LogP contribution in [0.1, 0.15) is 27.2 Å². The smallest absolute Gasteiger partial charge is 0.241 e. The molecule has 0 unspecified atom stereocenters. The molecule has 102 valence electrons. The van der Waals surface area contributed by atoms with Crippen molar-refractivity contribution in [1.29, 1.82) is 0 Å². The second-order valence-corrected chi connectivity index (χ2v) is 5.52. The summed E-state index contributed by atoms with van der Waals surface area (Å²) >= 11 is 0. The number of aromatic nitrogens is 5. The summed E-state index contributed by atoms with van der Waals surface area (Å²) in [5.41, 5.74) is 5.95. The van der Waals surface area contributed by atoms with E-state index in [2.05, 4.69) is 46.0 Å². The second kappa shape index (κ2) is 5.21. The van der Waals surface area contributed by atoms with Gasteiger partial charge in [0.1, 0.15) is 6.33 Å². The van der Waals surface area contributed by atoms with Crippen LogP contribution in [0.2, 0.25) is 0 Å². The lowest BCUT2D eigenvalue weighted by molar-refractivity contribution is 0.389. The molecule has 0 saturated heterocycles. The molecule has 7 heteroatoms. The van der Waals surface area contributed by atoms with E-state index >= 15 is 0 Å². The highest BCUT2D eigenvalue weighted by Crippen LogP contribution is 2.18. The molecule has 3 N–H and O–H groups in total. The number of imidazole rings is 1. The predicted octanol–water partition coefficient (Wildman–Crippen LogP) is 1.49. The van der Waals surface area contributed by atoms with Crippen LogP contribution in [0.15, 0.2) is 18.7 Å². The fourth-order valence-electron chi connectivity index (χ4n) is 1.50. The Kier molecular flexibility index (Phi) is 3.64. The Bertz CT molecular complexity index is 528. The molecule has 0 fully saturated rings. The molecule has 0 aliphatic heterocycles. The van der Waals surface area contributed by atoms with E-state index in [1.165, 1.54) is 0 Å². The minimum Gasteiger partial charge on any atom is -0.368 e. The Labute approximate surface area is 112 Å². The number of nitrogen functional groups attached to an aromatic ring is 1. The van der Waals surface area contributed by atoms with Crippen LogP contribution in [0.25, 0.3) is 5.95 Å². The van der Waals surface area contributed by atoms with Gasteiger partial charge in [-0.3, -0.25) is 4.57 Å². The molecule has 2 heterocycles. The third kappa shape index (κ3) is 3.90. The van der Waals surface area contributed by atoms with Crippen molar-refractivity contribution < 1.29 is 0 Å². The summed E-state index contributed by atoms with van der Waals surface area (Å²) < 4.78 is 1.69. The Morgan fingerprint density at radius 2 is 2.05 bits per heavy atom. The zero-order chi connectivity index (χ0) is 13.9. The summed E-state index contributed by atoms with van der Waals surface area (Å²) in [7, 11) is 0. The number of nitrogens with zero attached hydrogens (tertiary/aromatic N) is 5. The summed E-state index contributed by atoms with van der Waals surface area (Å²) in [5.74, 6) is 1.14. The highest BCUT2D eigenvalue weighted by Gasteiger charge is 2.10. The van der Waals surface area contributed by atoms with Gasteiger partial charge in [0.2, 0.25) is 17.8 Å². The lowest BCUT2D eigenvalue weighted by Gasteiger charge is -2.18. The van der Waals surface area contributed by atoms with Gasteiger partial charge in [-0.1, -0.05) is 20.8 Å².